The van der Waals surface area contributed by atoms with Crippen molar-refractivity contribution < 1.29 is 14.3 Å². The number of nitrogens with one attached hydrogen (secondary N) is 1. The third kappa shape index (κ3) is 6.76. The highest BCUT2D eigenvalue weighted by molar-refractivity contribution is 5.98. The first kappa shape index (κ1) is 28.4. The van der Waals surface area contributed by atoms with Crippen molar-refractivity contribution in [2.45, 2.75) is 58.2 Å². The molecule has 0 unspecified atom stereocenters. The monoisotopic (exact) mass is 544 g/mol. The third-order valence-electron chi connectivity index (χ3n) is 8.50. The first-order valence-electron chi connectivity index (χ1n) is 14.9. The number of carbonyl (C=O) groups is 2. The zero-order valence-corrected chi connectivity index (χ0v) is 24.2. The van der Waals surface area contributed by atoms with Crippen molar-refractivity contribution in [1.29, 1.82) is 0 Å². The summed E-state index contributed by atoms with van der Waals surface area (Å²) in [4.78, 5) is 31.4. The van der Waals surface area contributed by atoms with E-state index < -0.39 is 0 Å². The lowest BCUT2D eigenvalue weighted by molar-refractivity contribution is -0.131. The average molecular weight is 545 g/mol. The van der Waals surface area contributed by atoms with Crippen molar-refractivity contribution in [3.05, 3.63) is 71.9 Å². The number of hydrogen-bond donors (Lipinski definition) is 1. The minimum Gasteiger partial charge on any atom is -0.385 e. The molecule has 1 saturated carbocycles. The van der Waals surface area contributed by atoms with Crippen molar-refractivity contribution in [2.75, 3.05) is 39.9 Å². The van der Waals surface area contributed by atoms with Crippen LogP contribution >= 0.6 is 0 Å². The van der Waals surface area contributed by atoms with Gasteiger partial charge in [-0.3, -0.25) is 9.59 Å². The molecule has 1 aliphatic heterocycles. The van der Waals surface area contributed by atoms with Gasteiger partial charge in [0.1, 0.15) is 0 Å². The molecule has 40 heavy (non-hydrogen) atoms. The Morgan fingerprint density at radius 2 is 1.77 bits per heavy atom. The Labute approximate surface area is 238 Å². The molecule has 2 amide bonds. The molecule has 2 aliphatic rings. The SMILES string of the molecule is COCCCn1ccc2ccc(C(=O)N(C[C@@H]3CNC[C@H]3CN(C(=O)Cc3ccccc3)C3CC3)C(C)C)cc21. The maximum Gasteiger partial charge on any atom is 0.254 e. The summed E-state index contributed by atoms with van der Waals surface area (Å²) < 4.78 is 7.43. The van der Waals surface area contributed by atoms with Crippen LogP contribution in [-0.4, -0.2) is 78.2 Å². The Morgan fingerprint density at radius 1 is 1.02 bits per heavy atom. The molecule has 1 saturated heterocycles. The van der Waals surface area contributed by atoms with Gasteiger partial charge in [-0.15, -0.1) is 0 Å². The van der Waals surface area contributed by atoms with Crippen LogP contribution in [0.1, 0.15) is 49.0 Å². The molecule has 1 N–H and O–H groups in total. The summed E-state index contributed by atoms with van der Waals surface area (Å²) in [7, 11) is 1.72. The summed E-state index contributed by atoms with van der Waals surface area (Å²) in [5.41, 5.74) is 2.88. The fourth-order valence-electron chi connectivity index (χ4n) is 6.02. The molecule has 1 aromatic heterocycles. The van der Waals surface area contributed by atoms with Crippen molar-refractivity contribution in [3.8, 4) is 0 Å². The molecule has 2 atom stereocenters. The van der Waals surface area contributed by atoms with E-state index in [9.17, 15) is 9.59 Å². The van der Waals surface area contributed by atoms with Gasteiger partial charge in [0.15, 0.2) is 0 Å². The van der Waals surface area contributed by atoms with Crippen molar-refractivity contribution in [3.63, 3.8) is 0 Å². The van der Waals surface area contributed by atoms with Gasteiger partial charge in [-0.2, -0.15) is 0 Å². The second-order valence-electron chi connectivity index (χ2n) is 11.8. The van der Waals surface area contributed by atoms with Crippen LogP contribution < -0.4 is 5.32 Å². The van der Waals surface area contributed by atoms with Gasteiger partial charge < -0.3 is 24.4 Å². The summed E-state index contributed by atoms with van der Waals surface area (Å²) in [6.45, 7) is 8.97. The second kappa shape index (κ2) is 13.0. The number of fused-ring (bicyclic) bond motifs is 1. The maximum absolute atomic E-state index is 13.9. The topological polar surface area (TPSA) is 66.8 Å². The van der Waals surface area contributed by atoms with Gasteiger partial charge in [0.05, 0.1) is 6.42 Å². The van der Waals surface area contributed by atoms with Crippen LogP contribution in [0.2, 0.25) is 0 Å². The van der Waals surface area contributed by atoms with Gasteiger partial charge >= 0.3 is 0 Å². The standard InChI is InChI=1S/C33H44N4O3/c1-24(2)36(33(39)27-11-10-26-14-16-35(31(26)19-27)15-7-17-40-3)22-28-20-34-21-29(28)23-37(30-12-13-30)32(38)18-25-8-5-4-6-9-25/h4-6,8-11,14,16,19,24,28-30,34H,7,12-13,15,17-18,20-23H2,1-3H3/t28-,29-/m0/s1. The van der Waals surface area contributed by atoms with E-state index in [1.807, 2.05) is 47.4 Å². The number of aryl methyl sites for hydroxylation is 1. The number of benzene rings is 2. The van der Waals surface area contributed by atoms with E-state index in [-0.39, 0.29) is 17.9 Å². The molecule has 0 spiro atoms. The fraction of sp³-hybridized carbons (Fsp3) is 0.515. The van der Waals surface area contributed by atoms with Crippen LogP contribution in [0.4, 0.5) is 0 Å². The van der Waals surface area contributed by atoms with Crippen molar-refractivity contribution in [2.24, 2.45) is 11.8 Å². The molecule has 3 aromatic rings. The predicted octanol–water partition coefficient (Wildman–Crippen LogP) is 4.60. The first-order valence-corrected chi connectivity index (χ1v) is 14.9. The van der Waals surface area contributed by atoms with Crippen molar-refractivity contribution >= 4 is 22.7 Å². The molecule has 0 radical (unpaired) electrons. The number of ether oxygens (including phenoxy) is 1. The van der Waals surface area contributed by atoms with Gasteiger partial charge in [0, 0.05) is 75.8 Å². The zero-order chi connectivity index (χ0) is 28.1. The minimum atomic E-state index is 0.0754. The van der Waals surface area contributed by atoms with E-state index in [4.69, 9.17) is 4.74 Å². The lowest BCUT2D eigenvalue weighted by Gasteiger charge is -2.33. The zero-order valence-electron chi connectivity index (χ0n) is 24.2. The molecule has 2 heterocycles. The lowest BCUT2D eigenvalue weighted by Crippen LogP contribution is -2.45. The highest BCUT2D eigenvalue weighted by atomic mass is 16.5. The molecule has 2 aromatic carbocycles. The Morgan fingerprint density at radius 3 is 2.48 bits per heavy atom. The second-order valence-corrected chi connectivity index (χ2v) is 11.8. The summed E-state index contributed by atoms with van der Waals surface area (Å²) in [5.74, 6) is 0.929. The maximum atomic E-state index is 13.9. The molecule has 7 heteroatoms. The smallest absolute Gasteiger partial charge is 0.254 e. The molecule has 1 aliphatic carbocycles. The van der Waals surface area contributed by atoms with Crippen molar-refractivity contribution in [1.82, 2.24) is 19.7 Å². The fourth-order valence-corrected chi connectivity index (χ4v) is 6.02. The average Bonchev–Trinajstić information content (AvgIpc) is 3.57. The van der Waals surface area contributed by atoms with Gasteiger partial charge in [-0.05, 0) is 74.1 Å². The van der Waals surface area contributed by atoms with Crippen LogP contribution in [0.15, 0.2) is 60.8 Å². The lowest BCUT2D eigenvalue weighted by atomic mass is 9.93. The van der Waals surface area contributed by atoms with E-state index in [1.54, 1.807) is 7.11 Å². The molecule has 7 nitrogen and oxygen atoms in total. The van der Waals surface area contributed by atoms with E-state index in [2.05, 4.69) is 47.0 Å². The van der Waals surface area contributed by atoms with Gasteiger partial charge in [0.2, 0.25) is 5.91 Å². The highest BCUT2D eigenvalue weighted by Crippen LogP contribution is 2.31. The predicted molar refractivity (Wildman–Crippen MR) is 159 cm³/mol. The summed E-state index contributed by atoms with van der Waals surface area (Å²) in [5, 5.41) is 4.71. The van der Waals surface area contributed by atoms with Gasteiger partial charge in [-0.1, -0.05) is 36.4 Å². The largest absolute Gasteiger partial charge is 0.385 e. The number of amides is 2. The molecule has 214 valence electrons. The Balaban J connectivity index is 1.27. The van der Waals surface area contributed by atoms with Crippen LogP contribution in [0.25, 0.3) is 10.9 Å². The normalized spacial score (nSPS) is 18.9. The van der Waals surface area contributed by atoms with Crippen LogP contribution in [0.3, 0.4) is 0 Å². The molecule has 5 rings (SSSR count). The third-order valence-corrected chi connectivity index (χ3v) is 8.50. The van der Waals surface area contributed by atoms with Gasteiger partial charge in [-0.25, -0.2) is 0 Å². The summed E-state index contributed by atoms with van der Waals surface area (Å²) >= 11 is 0. The first-order chi connectivity index (χ1) is 19.4. The number of methoxy groups -OCH3 is 1. The minimum absolute atomic E-state index is 0.0754. The Kier molecular flexibility index (Phi) is 9.22. The number of hydrogen-bond acceptors (Lipinski definition) is 4. The highest BCUT2D eigenvalue weighted by Gasteiger charge is 2.38. The summed E-state index contributed by atoms with van der Waals surface area (Å²) in [6.07, 6.45) is 5.66. The van der Waals surface area contributed by atoms with E-state index >= 15 is 0 Å². The van der Waals surface area contributed by atoms with Crippen LogP contribution in [0, 0.1) is 11.8 Å². The Hall–Kier alpha value is -3.16. The van der Waals surface area contributed by atoms with E-state index in [0.29, 0.717) is 37.5 Å². The number of carbonyl (C=O) groups excluding carboxylic acids is 2. The molecule has 0 bridgehead atoms. The van der Waals surface area contributed by atoms with Crippen LogP contribution in [-0.2, 0) is 22.5 Å². The van der Waals surface area contributed by atoms with Crippen LogP contribution in [0.5, 0.6) is 0 Å². The molecule has 2 fully saturated rings. The number of nitrogens with zero attached hydrogens (tertiary/aromatic N) is 3. The number of aromatic nitrogens is 1. The quantitative estimate of drug-likeness (QED) is 0.320. The van der Waals surface area contributed by atoms with E-state index in [1.165, 1.54) is 0 Å². The summed E-state index contributed by atoms with van der Waals surface area (Å²) in [6, 6.07) is 18.7. The van der Waals surface area contributed by atoms with Gasteiger partial charge in [0.25, 0.3) is 5.91 Å². The molecular formula is C33H44N4O3. The van der Waals surface area contributed by atoms with E-state index in [0.717, 1.165) is 67.5 Å². The Bertz CT molecular complexity index is 1280. The number of rotatable bonds is 13. The molecular weight excluding hydrogens is 500 g/mol.